The summed E-state index contributed by atoms with van der Waals surface area (Å²) in [5.74, 6) is -3.28. The van der Waals surface area contributed by atoms with Crippen molar-refractivity contribution in [3.8, 4) is 0 Å². The molecule has 0 aromatic heterocycles. The highest BCUT2D eigenvalue weighted by atomic mass is 16.5. The highest BCUT2D eigenvalue weighted by Gasteiger charge is 2.28. The normalized spacial score (nSPS) is 12.9. The molecule has 3 atom stereocenters. The van der Waals surface area contributed by atoms with Gasteiger partial charge in [-0.3, -0.25) is 43.2 Å². The van der Waals surface area contributed by atoms with Gasteiger partial charge in [-0.2, -0.15) is 0 Å². The standard InChI is InChI=1S/C56H106N14O15.C2H6/c1-40(69-80)55(3,4)66-36-43(37-67-56(5,6)41(2)70-81)68-49(74)23-15-18-44(71)35-42(54(79)65-26-14-11-20-46(60-8)53(58)78)17-9-12-24-61-47(72)21-16-22-48(73)63-27-29-82-31-34-85-39-51(76)64-28-30-83-32-33-84-38-50(75)62-25-13-10-19-45(59-7)52(57)77;1-2/h42-43,45-46,59-60,66-67,80-81H,9-39H2,1-8H3,(H2,57,77)(H2,58,78)(H,61,72)(H,62,75)(H,63,73)(H,64,76)(H,65,79)(H,68,74);1-2H3/b69-40+,70-41+;/t42-,45+,46+;/m1./s1. The number of hydrogen-bond donors (Lipinski definition) is 14. The van der Waals surface area contributed by atoms with Crippen molar-refractivity contribution < 1.29 is 72.5 Å². The maximum atomic E-state index is 13.4. The average molecular weight is 1250 g/mol. The third-order valence-electron chi connectivity index (χ3n) is 14.1. The van der Waals surface area contributed by atoms with Gasteiger partial charge in [0.25, 0.3) is 0 Å². The monoisotopic (exact) mass is 1240 g/mol. The molecule has 504 valence electrons. The second-order valence-electron chi connectivity index (χ2n) is 21.8. The van der Waals surface area contributed by atoms with Gasteiger partial charge in [0, 0.05) is 83.8 Å². The van der Waals surface area contributed by atoms with E-state index < -0.39 is 40.9 Å². The van der Waals surface area contributed by atoms with E-state index in [2.05, 4.69) is 63.5 Å². The minimum absolute atomic E-state index is 0.0291. The first-order chi connectivity index (χ1) is 41.4. The first-order valence-corrected chi connectivity index (χ1v) is 30.7. The molecule has 0 saturated heterocycles. The Morgan fingerprint density at radius 2 is 0.851 bits per heavy atom. The Morgan fingerprint density at radius 1 is 0.471 bits per heavy atom. The van der Waals surface area contributed by atoms with Crippen molar-refractivity contribution >= 4 is 64.5 Å². The average Bonchev–Trinajstić information content (AvgIpc) is 3.64. The number of oxime groups is 2. The Bertz CT molecular complexity index is 2000. The summed E-state index contributed by atoms with van der Waals surface area (Å²) in [7, 11) is 3.32. The lowest BCUT2D eigenvalue weighted by Gasteiger charge is -2.32. The number of hydrogen-bond acceptors (Lipinski definition) is 21. The molecule has 0 unspecified atom stereocenters. The van der Waals surface area contributed by atoms with E-state index in [1.54, 1.807) is 27.9 Å². The van der Waals surface area contributed by atoms with Gasteiger partial charge >= 0.3 is 0 Å². The predicted octanol–water partition coefficient (Wildman–Crippen LogP) is 0.155. The summed E-state index contributed by atoms with van der Waals surface area (Å²) >= 11 is 0. The number of amides is 8. The molecule has 29 nitrogen and oxygen atoms in total. The highest BCUT2D eigenvalue weighted by Crippen LogP contribution is 2.17. The molecule has 16 N–H and O–H groups in total. The van der Waals surface area contributed by atoms with E-state index in [1.165, 1.54) is 0 Å². The summed E-state index contributed by atoms with van der Waals surface area (Å²) in [4.78, 5) is 112. The van der Waals surface area contributed by atoms with Crippen LogP contribution in [0, 0.1) is 5.92 Å². The van der Waals surface area contributed by atoms with E-state index in [4.69, 9.17) is 30.4 Å². The lowest BCUT2D eigenvalue weighted by atomic mass is 9.93. The second kappa shape index (κ2) is 52.0. The first kappa shape index (κ1) is 83.1. The van der Waals surface area contributed by atoms with Crippen molar-refractivity contribution in [2.75, 3.05) is 113 Å². The SMILES string of the molecule is CC.CN[C@@H](CCCCNC(=O)COCCOCCNC(=O)COCCOCCNC(=O)CCCC(=O)NCCCC[C@H](CC(=O)CCCC(=O)NC(CNC(C)(C)/C(C)=N/O)CNC(C)(C)/C(C)=N/O)C(=O)NCCCC[C@H](NC)C(N)=O)C(N)=O. The molecule has 0 aromatic rings. The lowest BCUT2D eigenvalue weighted by Crippen LogP contribution is -2.57. The van der Waals surface area contributed by atoms with E-state index in [9.17, 15) is 53.6 Å². The smallest absolute Gasteiger partial charge is 0.246 e. The van der Waals surface area contributed by atoms with Crippen LogP contribution < -0.4 is 64.6 Å². The molecule has 0 aromatic carbocycles. The van der Waals surface area contributed by atoms with E-state index >= 15 is 0 Å². The Labute approximate surface area is 516 Å². The lowest BCUT2D eigenvalue weighted by molar-refractivity contribution is -0.130. The maximum Gasteiger partial charge on any atom is 0.246 e. The van der Waals surface area contributed by atoms with E-state index in [0.29, 0.717) is 102 Å². The molecule has 0 bridgehead atoms. The number of nitrogens with two attached hydrogens (primary N) is 2. The topological polar surface area (TPSA) is 428 Å². The van der Waals surface area contributed by atoms with Gasteiger partial charge in [-0.15, -0.1) is 0 Å². The zero-order chi connectivity index (χ0) is 65.9. The van der Waals surface area contributed by atoms with Crippen LogP contribution in [0.1, 0.15) is 158 Å². The van der Waals surface area contributed by atoms with Gasteiger partial charge in [0.05, 0.1) is 80.3 Å². The minimum Gasteiger partial charge on any atom is -0.411 e. The third kappa shape index (κ3) is 45.0. The van der Waals surface area contributed by atoms with Crippen LogP contribution in [-0.4, -0.2) is 217 Å². The largest absolute Gasteiger partial charge is 0.411 e. The summed E-state index contributed by atoms with van der Waals surface area (Å²) in [6.45, 7) is 18.0. The quantitative estimate of drug-likeness (QED) is 0.0167. The van der Waals surface area contributed by atoms with E-state index in [-0.39, 0.29) is 152 Å². The fraction of sp³-hybridized carbons (Fsp3) is 0.810. The molecule has 0 radical (unpaired) electrons. The van der Waals surface area contributed by atoms with Crippen LogP contribution in [0.5, 0.6) is 0 Å². The van der Waals surface area contributed by atoms with Gasteiger partial charge < -0.3 is 94.0 Å². The number of primary amides is 2. The molecule has 8 amide bonds. The van der Waals surface area contributed by atoms with Gasteiger partial charge in [0.2, 0.25) is 47.3 Å². The predicted molar refractivity (Wildman–Crippen MR) is 332 cm³/mol. The van der Waals surface area contributed by atoms with Crippen molar-refractivity contribution in [3.63, 3.8) is 0 Å². The summed E-state index contributed by atoms with van der Waals surface area (Å²) in [6.07, 6.45) is 6.18. The number of ketones is 1. The molecular formula is C58H112N14O15. The molecule has 0 heterocycles. The number of nitrogens with zero attached hydrogens (tertiary/aromatic N) is 2. The van der Waals surface area contributed by atoms with Crippen molar-refractivity contribution in [1.29, 1.82) is 0 Å². The summed E-state index contributed by atoms with van der Waals surface area (Å²) in [6, 6.07) is -1.30. The molecule has 0 fully saturated rings. The Balaban J connectivity index is 0. The van der Waals surface area contributed by atoms with Crippen molar-refractivity contribution in [1.82, 2.24) is 53.2 Å². The number of carbonyl (C=O) groups excluding carboxylic acids is 9. The fourth-order valence-electron chi connectivity index (χ4n) is 8.00. The second-order valence-corrected chi connectivity index (χ2v) is 21.8. The van der Waals surface area contributed by atoms with Crippen LogP contribution in [-0.2, 0) is 62.1 Å². The minimum atomic E-state index is -0.687. The molecule has 0 spiro atoms. The number of Topliss-reactive ketones (excluding diaryl/α,β-unsaturated/α-hetero) is 1. The molecule has 0 saturated carbocycles. The Hall–Kier alpha value is -5.95. The molecule has 87 heavy (non-hydrogen) atoms. The van der Waals surface area contributed by atoms with E-state index in [0.717, 1.165) is 6.42 Å². The summed E-state index contributed by atoms with van der Waals surface area (Å²) in [5.41, 5.74) is 10.2. The van der Waals surface area contributed by atoms with Gasteiger partial charge in [0.1, 0.15) is 19.0 Å². The van der Waals surface area contributed by atoms with Gasteiger partial charge in [0.15, 0.2) is 0 Å². The number of unbranched alkanes of at least 4 members (excludes halogenated alkanes) is 3. The number of carbonyl (C=O) groups is 9. The van der Waals surface area contributed by atoms with Gasteiger partial charge in [-0.05, 0) is 120 Å². The van der Waals surface area contributed by atoms with Crippen LogP contribution in [0.2, 0.25) is 0 Å². The van der Waals surface area contributed by atoms with Gasteiger partial charge in [-0.1, -0.05) is 30.6 Å². The molecular weight excluding hydrogens is 1130 g/mol. The van der Waals surface area contributed by atoms with Crippen molar-refractivity contribution in [2.45, 2.75) is 187 Å². The molecule has 0 aliphatic rings. The van der Waals surface area contributed by atoms with Gasteiger partial charge in [-0.25, -0.2) is 0 Å². The van der Waals surface area contributed by atoms with Crippen LogP contribution in [0.15, 0.2) is 10.3 Å². The van der Waals surface area contributed by atoms with Crippen molar-refractivity contribution in [2.24, 2.45) is 27.7 Å². The van der Waals surface area contributed by atoms with Crippen LogP contribution in [0.4, 0.5) is 0 Å². The number of nitrogens with one attached hydrogen (secondary N) is 10. The molecule has 0 aliphatic carbocycles. The number of rotatable bonds is 55. The first-order valence-electron chi connectivity index (χ1n) is 30.7. The summed E-state index contributed by atoms with van der Waals surface area (Å²) in [5, 5.41) is 54.6. The highest BCUT2D eigenvalue weighted by molar-refractivity contribution is 5.91. The van der Waals surface area contributed by atoms with Crippen LogP contribution in [0.25, 0.3) is 0 Å². The van der Waals surface area contributed by atoms with Crippen LogP contribution in [0.3, 0.4) is 0 Å². The summed E-state index contributed by atoms with van der Waals surface area (Å²) < 4.78 is 21.5. The molecule has 29 heteroatoms. The zero-order valence-electron chi connectivity index (χ0n) is 54.0. The zero-order valence-corrected chi connectivity index (χ0v) is 54.0. The fourth-order valence-corrected chi connectivity index (χ4v) is 8.00. The third-order valence-corrected chi connectivity index (χ3v) is 14.1. The van der Waals surface area contributed by atoms with E-state index in [1.807, 2.05) is 41.5 Å². The Kier molecular flexibility index (Phi) is 49.7. The molecule has 0 rings (SSSR count). The molecule has 0 aliphatic heterocycles. The Morgan fingerprint density at radius 3 is 1.29 bits per heavy atom. The maximum absolute atomic E-state index is 13.4. The van der Waals surface area contributed by atoms with Crippen molar-refractivity contribution in [3.05, 3.63) is 0 Å². The number of likely N-dealkylation sites (N-methyl/N-ethyl adjacent to an activating group) is 2. The number of ether oxygens (including phenoxy) is 4. The van der Waals surface area contributed by atoms with Crippen LogP contribution >= 0.6 is 0 Å².